The molecular weight excluding hydrogens is 350 g/mol. The monoisotopic (exact) mass is 383 g/mol. The predicted molar refractivity (Wildman–Crippen MR) is 113 cm³/mol. The number of nitrogens with zero attached hydrogens (tertiary/aromatic N) is 4. The summed E-state index contributed by atoms with van der Waals surface area (Å²) in [6.45, 7) is 14.6. The number of likely N-dealkylation sites (tertiary alicyclic amines) is 1. The standard InChI is InChI=1S/C22H33N5O/c1-5-26-10-6-7-17(26)14-25-11-12-27-19-9-8-16(23-21(28)22(2,3)4)13-18(19)24-20(27)15-25/h8-9,13,17H,5-7,10-12,14-15H2,1-4H3,(H,23,28). The highest BCUT2D eigenvalue weighted by Crippen LogP contribution is 2.26. The molecular formula is C22H33N5O. The predicted octanol–water partition coefficient (Wildman–Crippen LogP) is 3.32. The van der Waals surface area contributed by atoms with E-state index >= 15 is 0 Å². The van der Waals surface area contributed by atoms with Gasteiger partial charge in [0.2, 0.25) is 5.91 Å². The van der Waals surface area contributed by atoms with Crippen molar-refractivity contribution in [2.75, 3.05) is 31.5 Å². The number of rotatable bonds is 4. The van der Waals surface area contributed by atoms with Gasteiger partial charge in [-0.25, -0.2) is 4.98 Å². The van der Waals surface area contributed by atoms with E-state index in [0.29, 0.717) is 6.04 Å². The first-order chi connectivity index (χ1) is 13.3. The van der Waals surface area contributed by atoms with Gasteiger partial charge < -0.3 is 9.88 Å². The molecule has 28 heavy (non-hydrogen) atoms. The number of carbonyl (C=O) groups is 1. The lowest BCUT2D eigenvalue weighted by molar-refractivity contribution is -0.123. The lowest BCUT2D eigenvalue weighted by Crippen LogP contribution is -2.43. The van der Waals surface area contributed by atoms with Crippen LogP contribution in [0.3, 0.4) is 0 Å². The molecule has 6 heteroatoms. The highest BCUT2D eigenvalue weighted by molar-refractivity contribution is 5.96. The molecule has 152 valence electrons. The van der Waals surface area contributed by atoms with Gasteiger partial charge in [-0.15, -0.1) is 0 Å². The maximum Gasteiger partial charge on any atom is 0.229 e. The van der Waals surface area contributed by atoms with Crippen molar-refractivity contribution in [3.05, 3.63) is 24.0 Å². The molecule has 1 fully saturated rings. The first kappa shape index (κ1) is 19.4. The Labute approximate surface area is 167 Å². The third kappa shape index (κ3) is 3.80. The van der Waals surface area contributed by atoms with Gasteiger partial charge >= 0.3 is 0 Å². The SMILES string of the molecule is CCN1CCCC1CN1CCn2c(nc3cc(NC(=O)C(C)(C)C)ccc32)C1. The van der Waals surface area contributed by atoms with Crippen LogP contribution in [-0.4, -0.2) is 57.5 Å². The number of carbonyl (C=O) groups excluding carboxylic acids is 1. The number of nitrogens with one attached hydrogen (secondary N) is 1. The minimum Gasteiger partial charge on any atom is -0.326 e. The molecule has 1 atom stereocenters. The van der Waals surface area contributed by atoms with Crippen molar-refractivity contribution in [3.8, 4) is 0 Å². The van der Waals surface area contributed by atoms with Gasteiger partial charge in [0, 0.05) is 36.8 Å². The average Bonchev–Trinajstić information content (AvgIpc) is 3.23. The van der Waals surface area contributed by atoms with E-state index in [1.54, 1.807) is 0 Å². The zero-order valence-electron chi connectivity index (χ0n) is 17.7. The van der Waals surface area contributed by atoms with Crippen molar-refractivity contribution in [2.45, 2.75) is 59.7 Å². The number of anilines is 1. The molecule has 1 aromatic heterocycles. The molecule has 0 radical (unpaired) electrons. The van der Waals surface area contributed by atoms with Crippen molar-refractivity contribution in [1.29, 1.82) is 0 Å². The van der Waals surface area contributed by atoms with Gasteiger partial charge in [-0.3, -0.25) is 14.6 Å². The van der Waals surface area contributed by atoms with E-state index in [-0.39, 0.29) is 5.91 Å². The van der Waals surface area contributed by atoms with Crippen LogP contribution in [0.5, 0.6) is 0 Å². The van der Waals surface area contributed by atoms with Gasteiger partial charge in [0.05, 0.1) is 17.6 Å². The molecule has 4 rings (SSSR count). The fraction of sp³-hybridized carbons (Fsp3) is 0.636. The maximum atomic E-state index is 12.3. The minimum atomic E-state index is -0.407. The molecule has 0 bridgehead atoms. The summed E-state index contributed by atoms with van der Waals surface area (Å²) in [5.41, 5.74) is 2.55. The summed E-state index contributed by atoms with van der Waals surface area (Å²) < 4.78 is 2.34. The van der Waals surface area contributed by atoms with Gasteiger partial charge in [0.25, 0.3) is 0 Å². The van der Waals surface area contributed by atoms with Gasteiger partial charge in [0.15, 0.2) is 0 Å². The zero-order chi connectivity index (χ0) is 19.9. The number of hydrogen-bond acceptors (Lipinski definition) is 4. The van der Waals surface area contributed by atoms with E-state index in [1.807, 2.05) is 32.9 Å². The Balaban J connectivity index is 1.49. The third-order valence-corrected chi connectivity index (χ3v) is 6.15. The van der Waals surface area contributed by atoms with Crippen LogP contribution < -0.4 is 5.32 Å². The maximum absolute atomic E-state index is 12.3. The molecule has 6 nitrogen and oxygen atoms in total. The Morgan fingerprint density at radius 1 is 1.25 bits per heavy atom. The highest BCUT2D eigenvalue weighted by atomic mass is 16.2. The summed E-state index contributed by atoms with van der Waals surface area (Å²) in [7, 11) is 0. The quantitative estimate of drug-likeness (QED) is 0.880. The van der Waals surface area contributed by atoms with Gasteiger partial charge in [-0.2, -0.15) is 0 Å². The van der Waals surface area contributed by atoms with Crippen molar-refractivity contribution >= 4 is 22.6 Å². The number of benzene rings is 1. The molecule has 2 aromatic rings. The van der Waals surface area contributed by atoms with Crippen LogP contribution in [0.15, 0.2) is 18.2 Å². The lowest BCUT2D eigenvalue weighted by Gasteiger charge is -2.33. The highest BCUT2D eigenvalue weighted by Gasteiger charge is 2.28. The molecule has 3 heterocycles. The van der Waals surface area contributed by atoms with Crippen LogP contribution in [0.4, 0.5) is 5.69 Å². The van der Waals surface area contributed by atoms with E-state index in [1.165, 1.54) is 24.9 Å². The van der Waals surface area contributed by atoms with Crippen molar-refractivity contribution in [1.82, 2.24) is 19.4 Å². The smallest absolute Gasteiger partial charge is 0.229 e. The van der Waals surface area contributed by atoms with Crippen LogP contribution in [0, 0.1) is 5.41 Å². The first-order valence-electron chi connectivity index (χ1n) is 10.6. The Kier molecular flexibility index (Phi) is 5.19. The van der Waals surface area contributed by atoms with Crippen LogP contribution in [0.25, 0.3) is 11.0 Å². The second kappa shape index (κ2) is 7.48. The molecule has 1 aromatic carbocycles. The molecule has 2 aliphatic rings. The largest absolute Gasteiger partial charge is 0.326 e. The van der Waals surface area contributed by atoms with E-state index in [0.717, 1.165) is 49.8 Å². The molecule has 1 unspecified atom stereocenters. The number of likely N-dealkylation sites (N-methyl/N-ethyl adjacent to an activating group) is 1. The summed E-state index contributed by atoms with van der Waals surface area (Å²) in [6, 6.07) is 6.78. The summed E-state index contributed by atoms with van der Waals surface area (Å²) >= 11 is 0. The van der Waals surface area contributed by atoms with Crippen LogP contribution in [0.1, 0.15) is 46.4 Å². The number of hydrogen-bond donors (Lipinski definition) is 1. The molecule has 1 amide bonds. The summed E-state index contributed by atoms with van der Waals surface area (Å²) in [6.07, 6.45) is 2.64. The molecule has 1 N–H and O–H groups in total. The number of aromatic nitrogens is 2. The van der Waals surface area contributed by atoms with Crippen molar-refractivity contribution in [2.24, 2.45) is 5.41 Å². The van der Waals surface area contributed by atoms with Gasteiger partial charge in [0.1, 0.15) is 5.82 Å². The fourth-order valence-electron chi connectivity index (χ4n) is 4.44. The molecule has 0 saturated carbocycles. The Hall–Kier alpha value is -1.92. The average molecular weight is 384 g/mol. The van der Waals surface area contributed by atoms with E-state index in [9.17, 15) is 4.79 Å². The van der Waals surface area contributed by atoms with E-state index < -0.39 is 5.41 Å². The minimum absolute atomic E-state index is 0.0269. The Morgan fingerprint density at radius 2 is 2.07 bits per heavy atom. The normalized spacial score (nSPS) is 21.2. The molecule has 1 saturated heterocycles. The molecule has 0 spiro atoms. The Bertz CT molecular complexity index is 866. The van der Waals surface area contributed by atoms with Crippen LogP contribution >= 0.6 is 0 Å². The zero-order valence-corrected chi connectivity index (χ0v) is 17.7. The summed E-state index contributed by atoms with van der Waals surface area (Å²) in [5.74, 6) is 1.17. The summed E-state index contributed by atoms with van der Waals surface area (Å²) in [4.78, 5) is 22.4. The second-order valence-electron chi connectivity index (χ2n) is 9.25. The number of amides is 1. The Morgan fingerprint density at radius 3 is 2.82 bits per heavy atom. The van der Waals surface area contributed by atoms with Gasteiger partial charge in [-0.1, -0.05) is 27.7 Å². The molecule has 2 aliphatic heterocycles. The third-order valence-electron chi connectivity index (χ3n) is 6.15. The van der Waals surface area contributed by atoms with Crippen LogP contribution in [0.2, 0.25) is 0 Å². The topological polar surface area (TPSA) is 53.4 Å². The second-order valence-corrected chi connectivity index (χ2v) is 9.25. The van der Waals surface area contributed by atoms with Crippen LogP contribution in [-0.2, 0) is 17.9 Å². The molecule has 0 aliphatic carbocycles. The lowest BCUT2D eigenvalue weighted by atomic mass is 9.95. The summed E-state index contributed by atoms with van der Waals surface area (Å²) in [5, 5.41) is 3.02. The van der Waals surface area contributed by atoms with Gasteiger partial charge in [-0.05, 0) is 44.1 Å². The van der Waals surface area contributed by atoms with Crippen molar-refractivity contribution < 1.29 is 4.79 Å². The number of fused-ring (bicyclic) bond motifs is 3. The number of imidazole rings is 1. The van der Waals surface area contributed by atoms with Crippen molar-refractivity contribution in [3.63, 3.8) is 0 Å². The van der Waals surface area contributed by atoms with E-state index in [2.05, 4.69) is 32.7 Å². The fourth-order valence-corrected chi connectivity index (χ4v) is 4.44. The van der Waals surface area contributed by atoms with E-state index in [4.69, 9.17) is 4.98 Å². The first-order valence-corrected chi connectivity index (χ1v) is 10.6.